The van der Waals surface area contributed by atoms with E-state index in [1.165, 1.54) is 16.7 Å². The Hall–Kier alpha value is -1.84. The third-order valence-electron chi connectivity index (χ3n) is 5.46. The van der Waals surface area contributed by atoms with Gasteiger partial charge in [-0.25, -0.2) is 0 Å². The lowest BCUT2D eigenvalue weighted by atomic mass is 9.93. The molecular weight excluding hydrogens is 288 g/mol. The van der Waals surface area contributed by atoms with Crippen molar-refractivity contribution in [2.24, 2.45) is 5.92 Å². The first-order valence-corrected chi connectivity index (χ1v) is 8.59. The number of hydrogen-bond acceptors (Lipinski definition) is 2. The molecule has 0 aromatic heterocycles. The Bertz CT molecular complexity index is 626. The van der Waals surface area contributed by atoms with Crippen LogP contribution in [-0.4, -0.2) is 41.8 Å². The fourth-order valence-electron chi connectivity index (χ4n) is 3.74. The van der Waals surface area contributed by atoms with E-state index in [-0.39, 0.29) is 23.8 Å². The van der Waals surface area contributed by atoms with Crippen molar-refractivity contribution in [3.05, 3.63) is 34.9 Å². The molecule has 0 aliphatic carbocycles. The van der Waals surface area contributed by atoms with Crippen LogP contribution in [-0.2, 0) is 9.59 Å². The lowest BCUT2D eigenvalue weighted by molar-refractivity contribution is -0.145. The van der Waals surface area contributed by atoms with Crippen molar-refractivity contribution in [1.29, 1.82) is 0 Å². The van der Waals surface area contributed by atoms with Crippen LogP contribution in [0.4, 0.5) is 0 Å². The zero-order valence-electron chi connectivity index (χ0n) is 14.3. The summed E-state index contributed by atoms with van der Waals surface area (Å²) in [5.74, 6) is 0.134. The standard InChI is InChI=1S/C19H26N2O2/c1-13-6-7-15(11-14(13)2)17-5-4-9-21(17)19(23)16-8-10-20(3)18(22)12-16/h6-7,11,16-17H,4-5,8-10,12H2,1-3H3/t16-,17-/m1/s1. The first-order chi connectivity index (χ1) is 11.0. The molecule has 0 spiro atoms. The van der Waals surface area contributed by atoms with Crippen LogP contribution in [0.25, 0.3) is 0 Å². The van der Waals surface area contributed by atoms with E-state index in [1.807, 2.05) is 11.9 Å². The minimum atomic E-state index is -0.133. The molecule has 2 aliphatic heterocycles. The van der Waals surface area contributed by atoms with Crippen LogP contribution in [0, 0.1) is 19.8 Å². The molecule has 4 nitrogen and oxygen atoms in total. The second-order valence-corrected chi connectivity index (χ2v) is 7.04. The molecule has 124 valence electrons. The molecule has 2 heterocycles. The number of likely N-dealkylation sites (tertiary alicyclic amines) is 2. The molecule has 0 unspecified atom stereocenters. The van der Waals surface area contributed by atoms with Crippen LogP contribution < -0.4 is 0 Å². The van der Waals surface area contributed by atoms with Crippen LogP contribution in [0.1, 0.15) is 48.4 Å². The van der Waals surface area contributed by atoms with Crippen molar-refractivity contribution in [2.45, 2.75) is 45.6 Å². The molecule has 4 heteroatoms. The van der Waals surface area contributed by atoms with Crippen molar-refractivity contribution < 1.29 is 9.59 Å². The number of carbonyl (C=O) groups excluding carboxylic acids is 2. The predicted octanol–water partition coefficient (Wildman–Crippen LogP) is 2.84. The van der Waals surface area contributed by atoms with E-state index in [1.54, 1.807) is 4.90 Å². The minimum absolute atomic E-state index is 0.0940. The van der Waals surface area contributed by atoms with Crippen molar-refractivity contribution in [3.8, 4) is 0 Å². The molecular formula is C19H26N2O2. The Labute approximate surface area is 138 Å². The average Bonchev–Trinajstić information content (AvgIpc) is 3.01. The molecule has 1 aromatic rings. The van der Waals surface area contributed by atoms with Crippen LogP contribution in [0.5, 0.6) is 0 Å². The zero-order chi connectivity index (χ0) is 16.6. The normalized spacial score (nSPS) is 25.1. The molecule has 3 rings (SSSR count). The Morgan fingerprint density at radius 2 is 1.91 bits per heavy atom. The molecule has 0 radical (unpaired) electrons. The fourth-order valence-corrected chi connectivity index (χ4v) is 3.74. The highest BCUT2D eigenvalue weighted by Gasteiger charge is 2.36. The first-order valence-electron chi connectivity index (χ1n) is 8.59. The molecule has 2 atom stereocenters. The summed E-state index contributed by atoms with van der Waals surface area (Å²) in [6.45, 7) is 5.74. The highest BCUT2D eigenvalue weighted by atomic mass is 16.2. The Balaban J connectivity index is 1.77. The van der Waals surface area contributed by atoms with Gasteiger partial charge in [-0.1, -0.05) is 18.2 Å². The van der Waals surface area contributed by atoms with Gasteiger partial charge < -0.3 is 9.80 Å². The highest BCUT2D eigenvalue weighted by Crippen LogP contribution is 2.35. The maximum absolute atomic E-state index is 12.9. The van der Waals surface area contributed by atoms with Gasteiger partial charge in [0.15, 0.2) is 0 Å². The third kappa shape index (κ3) is 3.12. The SMILES string of the molecule is Cc1ccc([C@H]2CCCN2C(=O)[C@@H]2CCN(C)C(=O)C2)cc1C. The van der Waals surface area contributed by atoms with Gasteiger partial charge in [0, 0.05) is 32.5 Å². The van der Waals surface area contributed by atoms with E-state index >= 15 is 0 Å². The molecule has 2 saturated heterocycles. The minimum Gasteiger partial charge on any atom is -0.346 e. The quantitative estimate of drug-likeness (QED) is 0.842. The molecule has 1 aromatic carbocycles. The second kappa shape index (κ2) is 6.34. The summed E-state index contributed by atoms with van der Waals surface area (Å²) < 4.78 is 0. The number of rotatable bonds is 2. The number of aryl methyl sites for hydroxylation is 2. The van der Waals surface area contributed by atoms with Gasteiger partial charge in [-0.2, -0.15) is 0 Å². The van der Waals surface area contributed by atoms with Crippen LogP contribution in [0.3, 0.4) is 0 Å². The number of carbonyl (C=O) groups is 2. The van der Waals surface area contributed by atoms with E-state index in [0.717, 1.165) is 25.8 Å². The molecule has 23 heavy (non-hydrogen) atoms. The lowest BCUT2D eigenvalue weighted by Crippen LogP contribution is -2.43. The second-order valence-electron chi connectivity index (χ2n) is 7.04. The summed E-state index contributed by atoms with van der Waals surface area (Å²) in [6, 6.07) is 6.69. The van der Waals surface area contributed by atoms with E-state index in [0.29, 0.717) is 13.0 Å². The summed E-state index contributed by atoms with van der Waals surface area (Å²) >= 11 is 0. The van der Waals surface area contributed by atoms with Gasteiger partial charge in [-0.15, -0.1) is 0 Å². The monoisotopic (exact) mass is 314 g/mol. The molecule has 2 aliphatic rings. The lowest BCUT2D eigenvalue weighted by Gasteiger charge is -2.33. The van der Waals surface area contributed by atoms with Crippen molar-refractivity contribution >= 4 is 11.8 Å². The van der Waals surface area contributed by atoms with Gasteiger partial charge in [0.1, 0.15) is 0 Å². The maximum Gasteiger partial charge on any atom is 0.226 e. The van der Waals surface area contributed by atoms with Gasteiger partial charge in [0.25, 0.3) is 0 Å². The summed E-state index contributed by atoms with van der Waals surface area (Å²) in [5.41, 5.74) is 3.79. The van der Waals surface area contributed by atoms with Crippen molar-refractivity contribution in [3.63, 3.8) is 0 Å². The average molecular weight is 314 g/mol. The van der Waals surface area contributed by atoms with Crippen LogP contribution in [0.2, 0.25) is 0 Å². The Morgan fingerprint density at radius 1 is 1.13 bits per heavy atom. The van der Waals surface area contributed by atoms with E-state index in [2.05, 4.69) is 32.0 Å². The summed E-state index contributed by atoms with van der Waals surface area (Å²) in [5, 5.41) is 0. The van der Waals surface area contributed by atoms with Crippen LogP contribution >= 0.6 is 0 Å². The molecule has 0 bridgehead atoms. The van der Waals surface area contributed by atoms with Gasteiger partial charge in [0.05, 0.1) is 6.04 Å². The number of benzene rings is 1. The van der Waals surface area contributed by atoms with Crippen molar-refractivity contribution in [2.75, 3.05) is 20.1 Å². The molecule has 0 N–H and O–H groups in total. The zero-order valence-corrected chi connectivity index (χ0v) is 14.3. The first kappa shape index (κ1) is 16.0. The molecule has 2 amide bonds. The number of piperidine rings is 1. The summed E-state index contributed by atoms with van der Waals surface area (Å²) in [4.78, 5) is 28.6. The summed E-state index contributed by atoms with van der Waals surface area (Å²) in [6.07, 6.45) is 3.22. The molecule has 2 fully saturated rings. The third-order valence-corrected chi connectivity index (χ3v) is 5.46. The van der Waals surface area contributed by atoms with E-state index in [9.17, 15) is 9.59 Å². The van der Waals surface area contributed by atoms with Gasteiger partial charge >= 0.3 is 0 Å². The fraction of sp³-hybridized carbons (Fsp3) is 0.579. The van der Waals surface area contributed by atoms with E-state index < -0.39 is 0 Å². The number of hydrogen-bond donors (Lipinski definition) is 0. The van der Waals surface area contributed by atoms with Gasteiger partial charge in [-0.3, -0.25) is 9.59 Å². The van der Waals surface area contributed by atoms with E-state index in [4.69, 9.17) is 0 Å². The maximum atomic E-state index is 12.9. The largest absolute Gasteiger partial charge is 0.346 e. The number of nitrogens with zero attached hydrogens (tertiary/aromatic N) is 2. The van der Waals surface area contributed by atoms with Gasteiger partial charge in [0.2, 0.25) is 11.8 Å². The smallest absolute Gasteiger partial charge is 0.226 e. The van der Waals surface area contributed by atoms with Crippen LogP contribution in [0.15, 0.2) is 18.2 Å². The summed E-state index contributed by atoms with van der Waals surface area (Å²) in [7, 11) is 1.82. The van der Waals surface area contributed by atoms with Gasteiger partial charge in [-0.05, 0) is 49.8 Å². The van der Waals surface area contributed by atoms with Crippen molar-refractivity contribution in [1.82, 2.24) is 9.80 Å². The highest BCUT2D eigenvalue weighted by molar-refractivity contribution is 5.87. The molecule has 0 saturated carbocycles. The predicted molar refractivity (Wildman–Crippen MR) is 90.0 cm³/mol. The number of amides is 2. The Kier molecular flexibility index (Phi) is 4.42. The Morgan fingerprint density at radius 3 is 2.61 bits per heavy atom. The topological polar surface area (TPSA) is 40.6 Å².